The Morgan fingerprint density at radius 1 is 1.22 bits per heavy atom. The van der Waals surface area contributed by atoms with E-state index in [4.69, 9.17) is 0 Å². The summed E-state index contributed by atoms with van der Waals surface area (Å²) in [7, 11) is 0.542. The smallest absolute Gasteiger partial charge is 0.214 e. The lowest BCUT2D eigenvalue weighted by Crippen LogP contribution is -2.40. The molecule has 1 aliphatic rings. The van der Waals surface area contributed by atoms with Crippen molar-refractivity contribution in [2.45, 2.75) is 51.5 Å². The second kappa shape index (κ2) is 7.46. The SMILES string of the molecule is CCC1CCC(N(C)S(=O)(=O)CCCNC)CC1. The molecule has 1 fully saturated rings. The van der Waals surface area contributed by atoms with Gasteiger partial charge in [-0.25, -0.2) is 12.7 Å². The molecule has 0 heterocycles. The molecule has 4 nitrogen and oxygen atoms in total. The highest BCUT2D eigenvalue weighted by molar-refractivity contribution is 7.89. The Kier molecular flexibility index (Phi) is 6.60. The largest absolute Gasteiger partial charge is 0.320 e. The summed E-state index contributed by atoms with van der Waals surface area (Å²) in [6.07, 6.45) is 6.33. The number of hydrogen-bond donors (Lipinski definition) is 1. The van der Waals surface area contributed by atoms with Crippen molar-refractivity contribution in [2.24, 2.45) is 5.92 Å². The normalized spacial score (nSPS) is 25.6. The summed E-state index contributed by atoms with van der Waals surface area (Å²) in [5.41, 5.74) is 0. The predicted octanol–water partition coefficient (Wildman–Crippen LogP) is 1.83. The van der Waals surface area contributed by atoms with Gasteiger partial charge in [0.1, 0.15) is 0 Å². The fourth-order valence-electron chi connectivity index (χ4n) is 2.72. The molecule has 0 aromatic carbocycles. The Labute approximate surface area is 112 Å². The zero-order chi connectivity index (χ0) is 13.6. The standard InChI is InChI=1S/C13H28N2O2S/c1-4-12-6-8-13(9-7-12)15(3)18(16,17)11-5-10-14-2/h12-14H,4-11H2,1-3H3. The van der Waals surface area contributed by atoms with E-state index in [1.54, 1.807) is 11.4 Å². The summed E-state index contributed by atoms with van der Waals surface area (Å²) in [6, 6.07) is 0.229. The second-order valence-electron chi connectivity index (χ2n) is 5.37. The number of rotatable bonds is 7. The Hall–Kier alpha value is -0.130. The van der Waals surface area contributed by atoms with E-state index >= 15 is 0 Å². The maximum absolute atomic E-state index is 12.2. The molecule has 1 aliphatic carbocycles. The van der Waals surface area contributed by atoms with E-state index in [0.717, 1.165) is 25.3 Å². The number of nitrogens with one attached hydrogen (secondary N) is 1. The van der Waals surface area contributed by atoms with E-state index in [9.17, 15) is 8.42 Å². The van der Waals surface area contributed by atoms with Gasteiger partial charge in [-0.15, -0.1) is 0 Å². The number of nitrogens with zero attached hydrogens (tertiary/aromatic N) is 1. The first-order valence-electron chi connectivity index (χ1n) is 7.11. The van der Waals surface area contributed by atoms with Crippen LogP contribution in [0.3, 0.4) is 0 Å². The van der Waals surface area contributed by atoms with Gasteiger partial charge in [-0.3, -0.25) is 0 Å². The van der Waals surface area contributed by atoms with Gasteiger partial charge in [0.05, 0.1) is 5.75 Å². The van der Waals surface area contributed by atoms with Gasteiger partial charge in [0, 0.05) is 13.1 Å². The molecule has 1 rings (SSSR count). The van der Waals surface area contributed by atoms with E-state index < -0.39 is 10.0 Å². The Bertz CT molecular complexity index is 322. The van der Waals surface area contributed by atoms with Crippen LogP contribution in [0.4, 0.5) is 0 Å². The molecule has 0 aliphatic heterocycles. The zero-order valence-electron chi connectivity index (χ0n) is 12.0. The van der Waals surface area contributed by atoms with Gasteiger partial charge in [-0.1, -0.05) is 13.3 Å². The van der Waals surface area contributed by atoms with Crippen molar-refractivity contribution in [3.8, 4) is 0 Å². The van der Waals surface area contributed by atoms with Crippen LogP contribution < -0.4 is 5.32 Å². The van der Waals surface area contributed by atoms with Gasteiger partial charge in [0.25, 0.3) is 0 Å². The summed E-state index contributed by atoms with van der Waals surface area (Å²) < 4.78 is 25.9. The lowest BCUT2D eigenvalue weighted by atomic mass is 9.85. The summed E-state index contributed by atoms with van der Waals surface area (Å²) in [5.74, 6) is 1.07. The summed E-state index contributed by atoms with van der Waals surface area (Å²) in [5, 5.41) is 2.99. The minimum Gasteiger partial charge on any atom is -0.320 e. The van der Waals surface area contributed by atoms with Crippen molar-refractivity contribution in [1.29, 1.82) is 0 Å². The average molecular weight is 276 g/mol. The fraction of sp³-hybridized carbons (Fsp3) is 1.00. The monoisotopic (exact) mass is 276 g/mol. The van der Waals surface area contributed by atoms with Crippen LogP contribution in [-0.4, -0.2) is 45.2 Å². The first kappa shape index (κ1) is 15.9. The topological polar surface area (TPSA) is 49.4 Å². The molecule has 0 aromatic heterocycles. The molecule has 18 heavy (non-hydrogen) atoms. The predicted molar refractivity (Wildman–Crippen MR) is 76.1 cm³/mol. The lowest BCUT2D eigenvalue weighted by Gasteiger charge is -2.33. The third-order valence-corrected chi connectivity index (χ3v) is 6.16. The van der Waals surface area contributed by atoms with Crippen molar-refractivity contribution < 1.29 is 8.42 Å². The third-order valence-electron chi connectivity index (χ3n) is 4.18. The van der Waals surface area contributed by atoms with E-state index in [1.807, 2.05) is 7.05 Å². The van der Waals surface area contributed by atoms with E-state index in [0.29, 0.717) is 6.42 Å². The molecule has 1 N–H and O–H groups in total. The summed E-state index contributed by atoms with van der Waals surface area (Å²) in [4.78, 5) is 0. The van der Waals surface area contributed by atoms with Crippen molar-refractivity contribution in [1.82, 2.24) is 9.62 Å². The van der Waals surface area contributed by atoms with Crippen molar-refractivity contribution in [3.05, 3.63) is 0 Å². The van der Waals surface area contributed by atoms with Crippen LogP contribution in [-0.2, 0) is 10.0 Å². The molecular weight excluding hydrogens is 248 g/mol. The molecule has 0 saturated heterocycles. The fourth-order valence-corrected chi connectivity index (χ4v) is 4.18. The number of sulfonamides is 1. The van der Waals surface area contributed by atoms with Crippen LogP contribution in [0, 0.1) is 5.92 Å². The Morgan fingerprint density at radius 2 is 1.83 bits per heavy atom. The van der Waals surface area contributed by atoms with Gasteiger partial charge >= 0.3 is 0 Å². The van der Waals surface area contributed by atoms with Crippen molar-refractivity contribution >= 4 is 10.0 Å². The first-order chi connectivity index (χ1) is 8.51. The van der Waals surface area contributed by atoms with Crippen LogP contribution in [0.2, 0.25) is 0 Å². The molecule has 0 aromatic rings. The van der Waals surface area contributed by atoms with Gasteiger partial charge < -0.3 is 5.32 Å². The van der Waals surface area contributed by atoms with E-state index in [-0.39, 0.29) is 11.8 Å². The summed E-state index contributed by atoms with van der Waals surface area (Å²) >= 11 is 0. The minimum atomic E-state index is -3.06. The second-order valence-corrected chi connectivity index (χ2v) is 7.52. The third kappa shape index (κ3) is 4.52. The molecule has 0 radical (unpaired) electrons. The van der Waals surface area contributed by atoms with Crippen LogP contribution >= 0.6 is 0 Å². The van der Waals surface area contributed by atoms with Crippen LogP contribution in [0.5, 0.6) is 0 Å². The quantitative estimate of drug-likeness (QED) is 0.722. The molecule has 0 amide bonds. The van der Waals surface area contributed by atoms with E-state index in [1.165, 1.54) is 19.3 Å². The van der Waals surface area contributed by atoms with Gasteiger partial charge in [0.15, 0.2) is 0 Å². The van der Waals surface area contributed by atoms with Gasteiger partial charge in [0.2, 0.25) is 10.0 Å². The Balaban J connectivity index is 2.45. The summed E-state index contributed by atoms with van der Waals surface area (Å²) in [6.45, 7) is 2.98. The molecule has 108 valence electrons. The van der Waals surface area contributed by atoms with Gasteiger partial charge in [-0.2, -0.15) is 0 Å². The maximum atomic E-state index is 12.2. The average Bonchev–Trinajstić information content (AvgIpc) is 2.38. The molecule has 0 atom stereocenters. The van der Waals surface area contributed by atoms with Crippen LogP contribution in [0.15, 0.2) is 0 Å². The molecule has 0 spiro atoms. The molecule has 0 bridgehead atoms. The minimum absolute atomic E-state index is 0.229. The Morgan fingerprint density at radius 3 is 2.33 bits per heavy atom. The zero-order valence-corrected chi connectivity index (χ0v) is 12.8. The number of hydrogen-bond acceptors (Lipinski definition) is 3. The molecule has 5 heteroatoms. The highest BCUT2D eigenvalue weighted by Crippen LogP contribution is 2.30. The van der Waals surface area contributed by atoms with Crippen molar-refractivity contribution in [3.63, 3.8) is 0 Å². The molecule has 1 saturated carbocycles. The highest BCUT2D eigenvalue weighted by atomic mass is 32.2. The highest BCUT2D eigenvalue weighted by Gasteiger charge is 2.29. The maximum Gasteiger partial charge on any atom is 0.214 e. The van der Waals surface area contributed by atoms with E-state index in [2.05, 4.69) is 12.2 Å². The molecular formula is C13H28N2O2S. The van der Waals surface area contributed by atoms with Crippen LogP contribution in [0.25, 0.3) is 0 Å². The lowest BCUT2D eigenvalue weighted by molar-refractivity contribution is 0.233. The van der Waals surface area contributed by atoms with Crippen LogP contribution in [0.1, 0.15) is 45.4 Å². The van der Waals surface area contributed by atoms with Crippen molar-refractivity contribution in [2.75, 3.05) is 26.4 Å². The van der Waals surface area contributed by atoms with Gasteiger partial charge in [-0.05, 0) is 51.6 Å². The first-order valence-corrected chi connectivity index (χ1v) is 8.72. The molecule has 0 unspecified atom stereocenters.